The van der Waals surface area contributed by atoms with Gasteiger partial charge >= 0.3 is 0 Å². The number of carbonyl (C=O) groups is 1. The van der Waals surface area contributed by atoms with Crippen LogP contribution in [0.3, 0.4) is 0 Å². The molecule has 3 rings (SSSR count). The van der Waals surface area contributed by atoms with E-state index < -0.39 is 0 Å². The highest BCUT2D eigenvalue weighted by Crippen LogP contribution is 2.31. The van der Waals surface area contributed by atoms with Crippen molar-refractivity contribution in [2.75, 3.05) is 0 Å². The zero-order valence-electron chi connectivity index (χ0n) is 12.3. The molecule has 110 valence electrons. The number of hydrogen-bond acceptors (Lipinski definition) is 3. The quantitative estimate of drug-likeness (QED) is 0.643. The fourth-order valence-corrected chi connectivity index (χ4v) is 2.32. The summed E-state index contributed by atoms with van der Waals surface area (Å²) < 4.78 is 11.4. The van der Waals surface area contributed by atoms with Crippen LogP contribution < -0.4 is 4.74 Å². The first-order valence-electron chi connectivity index (χ1n) is 7.09. The minimum atomic E-state index is 0.419. The van der Waals surface area contributed by atoms with Crippen molar-refractivity contribution in [3.63, 3.8) is 0 Å². The lowest BCUT2D eigenvalue weighted by Crippen LogP contribution is -1.99. The fraction of sp³-hybridized carbons (Fsp3) is 0.105. The minimum absolute atomic E-state index is 0.419. The smallest absolute Gasteiger partial charge is 0.154 e. The third-order valence-electron chi connectivity index (χ3n) is 3.43. The van der Waals surface area contributed by atoms with Gasteiger partial charge in [0.15, 0.2) is 6.29 Å². The molecule has 1 aromatic heterocycles. The Bertz CT molecular complexity index is 772. The SMILES string of the molecule is Cc1ccc(-c2cccc(OCc3ccccc3)c2C=O)o1. The van der Waals surface area contributed by atoms with Gasteiger partial charge in [0.05, 0.1) is 5.56 Å². The maximum Gasteiger partial charge on any atom is 0.154 e. The molecule has 22 heavy (non-hydrogen) atoms. The standard InChI is InChI=1S/C19H16O3/c1-14-10-11-19(22-14)16-8-5-9-18(17(16)12-20)21-13-15-6-3-2-4-7-15/h2-12H,13H2,1H3. The number of benzene rings is 2. The van der Waals surface area contributed by atoms with Crippen molar-refractivity contribution < 1.29 is 13.9 Å². The second-order valence-electron chi connectivity index (χ2n) is 5.02. The summed E-state index contributed by atoms with van der Waals surface area (Å²) in [6.45, 7) is 2.29. The van der Waals surface area contributed by atoms with Gasteiger partial charge in [-0.3, -0.25) is 4.79 Å². The molecule has 0 radical (unpaired) electrons. The molecule has 0 amide bonds. The van der Waals surface area contributed by atoms with E-state index in [2.05, 4.69) is 0 Å². The molecule has 0 aliphatic heterocycles. The van der Waals surface area contributed by atoms with E-state index >= 15 is 0 Å². The first-order chi connectivity index (χ1) is 10.8. The first-order valence-corrected chi connectivity index (χ1v) is 7.09. The monoisotopic (exact) mass is 292 g/mol. The molecule has 1 heterocycles. The van der Waals surface area contributed by atoms with Crippen LogP contribution in [0, 0.1) is 6.92 Å². The van der Waals surface area contributed by atoms with Crippen molar-refractivity contribution in [2.24, 2.45) is 0 Å². The molecule has 0 atom stereocenters. The van der Waals surface area contributed by atoms with E-state index in [1.54, 1.807) is 6.07 Å². The van der Waals surface area contributed by atoms with Crippen LogP contribution in [0.15, 0.2) is 65.1 Å². The van der Waals surface area contributed by atoms with E-state index in [4.69, 9.17) is 9.15 Å². The molecule has 0 N–H and O–H groups in total. The van der Waals surface area contributed by atoms with Crippen LogP contribution in [-0.2, 0) is 6.61 Å². The van der Waals surface area contributed by atoms with Crippen molar-refractivity contribution in [2.45, 2.75) is 13.5 Å². The number of aryl methyl sites for hydroxylation is 1. The second kappa shape index (κ2) is 6.31. The highest BCUT2D eigenvalue weighted by Gasteiger charge is 2.13. The van der Waals surface area contributed by atoms with Gasteiger partial charge in [0.2, 0.25) is 0 Å². The summed E-state index contributed by atoms with van der Waals surface area (Å²) >= 11 is 0. The molecule has 0 unspecified atom stereocenters. The number of rotatable bonds is 5. The zero-order chi connectivity index (χ0) is 15.4. The summed E-state index contributed by atoms with van der Waals surface area (Å²) in [5.41, 5.74) is 2.31. The van der Waals surface area contributed by atoms with Gasteiger partial charge in [-0.05, 0) is 30.7 Å². The highest BCUT2D eigenvalue weighted by atomic mass is 16.5. The molecular formula is C19H16O3. The second-order valence-corrected chi connectivity index (χ2v) is 5.02. The molecule has 3 nitrogen and oxygen atoms in total. The van der Waals surface area contributed by atoms with Crippen LogP contribution >= 0.6 is 0 Å². The van der Waals surface area contributed by atoms with Crippen LogP contribution in [0.4, 0.5) is 0 Å². The predicted octanol–water partition coefficient (Wildman–Crippen LogP) is 4.65. The summed E-state index contributed by atoms with van der Waals surface area (Å²) in [4.78, 5) is 11.5. The Balaban J connectivity index is 1.90. The highest BCUT2D eigenvalue weighted by molar-refractivity contribution is 5.89. The van der Waals surface area contributed by atoms with Gasteiger partial charge in [-0.25, -0.2) is 0 Å². The average molecular weight is 292 g/mol. The Kier molecular flexibility index (Phi) is 4.05. The summed E-state index contributed by atoms with van der Waals surface area (Å²) in [5.74, 6) is 2.04. The molecule has 2 aromatic carbocycles. The van der Waals surface area contributed by atoms with Crippen molar-refractivity contribution in [3.05, 3.63) is 77.6 Å². The third-order valence-corrected chi connectivity index (χ3v) is 3.43. The molecule has 0 spiro atoms. The molecule has 3 heteroatoms. The van der Waals surface area contributed by atoms with Crippen LogP contribution in [0.25, 0.3) is 11.3 Å². The number of furan rings is 1. The molecule has 0 saturated heterocycles. The van der Waals surface area contributed by atoms with Gasteiger partial charge in [0.1, 0.15) is 23.9 Å². The van der Waals surface area contributed by atoms with E-state index in [1.807, 2.05) is 61.5 Å². The molecule has 0 fully saturated rings. The van der Waals surface area contributed by atoms with Crippen molar-refractivity contribution in [3.8, 4) is 17.1 Å². The Morgan fingerprint density at radius 3 is 2.50 bits per heavy atom. The van der Waals surface area contributed by atoms with Crippen LogP contribution in [-0.4, -0.2) is 6.29 Å². The molecule has 0 aliphatic rings. The molecular weight excluding hydrogens is 276 g/mol. The third kappa shape index (κ3) is 2.93. The van der Waals surface area contributed by atoms with E-state index in [0.29, 0.717) is 23.7 Å². The minimum Gasteiger partial charge on any atom is -0.488 e. The Morgan fingerprint density at radius 1 is 1.00 bits per heavy atom. The number of hydrogen-bond donors (Lipinski definition) is 0. The van der Waals surface area contributed by atoms with Crippen LogP contribution in [0.2, 0.25) is 0 Å². The molecule has 0 aliphatic carbocycles. The summed E-state index contributed by atoms with van der Waals surface area (Å²) in [7, 11) is 0. The zero-order valence-corrected chi connectivity index (χ0v) is 12.3. The molecule has 0 saturated carbocycles. The van der Waals surface area contributed by atoms with Crippen molar-refractivity contribution in [1.29, 1.82) is 0 Å². The van der Waals surface area contributed by atoms with Crippen LogP contribution in [0.1, 0.15) is 21.7 Å². The van der Waals surface area contributed by atoms with Crippen molar-refractivity contribution >= 4 is 6.29 Å². The number of carbonyl (C=O) groups excluding carboxylic acids is 1. The lowest BCUT2D eigenvalue weighted by molar-refractivity contribution is 0.111. The van der Waals surface area contributed by atoms with Crippen LogP contribution in [0.5, 0.6) is 5.75 Å². The maximum absolute atomic E-state index is 11.5. The van der Waals surface area contributed by atoms with Crippen molar-refractivity contribution in [1.82, 2.24) is 0 Å². The Morgan fingerprint density at radius 2 is 1.82 bits per heavy atom. The predicted molar refractivity (Wildman–Crippen MR) is 85.0 cm³/mol. The van der Waals surface area contributed by atoms with Gasteiger partial charge < -0.3 is 9.15 Å². The largest absolute Gasteiger partial charge is 0.488 e. The molecule has 0 bridgehead atoms. The van der Waals surface area contributed by atoms with E-state index in [0.717, 1.165) is 23.2 Å². The summed E-state index contributed by atoms with van der Waals surface area (Å²) in [6, 6.07) is 19.1. The molecule has 3 aromatic rings. The van der Waals surface area contributed by atoms with E-state index in [9.17, 15) is 4.79 Å². The van der Waals surface area contributed by atoms with Gasteiger partial charge in [-0.2, -0.15) is 0 Å². The maximum atomic E-state index is 11.5. The van der Waals surface area contributed by atoms with Gasteiger partial charge in [-0.1, -0.05) is 42.5 Å². The topological polar surface area (TPSA) is 39.4 Å². The lowest BCUT2D eigenvalue weighted by atomic mass is 10.1. The van der Waals surface area contributed by atoms with Gasteiger partial charge in [-0.15, -0.1) is 0 Å². The number of aldehydes is 1. The van der Waals surface area contributed by atoms with Gasteiger partial charge in [0, 0.05) is 5.56 Å². The summed E-state index contributed by atoms with van der Waals surface area (Å²) in [6.07, 6.45) is 0.813. The fourth-order valence-electron chi connectivity index (χ4n) is 2.32. The number of ether oxygens (including phenoxy) is 1. The van der Waals surface area contributed by atoms with E-state index in [-0.39, 0.29) is 0 Å². The first kappa shape index (κ1) is 14.1. The average Bonchev–Trinajstić information content (AvgIpc) is 2.99. The van der Waals surface area contributed by atoms with E-state index in [1.165, 1.54) is 0 Å². The normalized spacial score (nSPS) is 10.4. The lowest BCUT2D eigenvalue weighted by Gasteiger charge is -2.11. The summed E-state index contributed by atoms with van der Waals surface area (Å²) in [5, 5.41) is 0. The Labute approximate surface area is 129 Å². The Hall–Kier alpha value is -2.81. The van der Waals surface area contributed by atoms with Gasteiger partial charge in [0.25, 0.3) is 0 Å².